The summed E-state index contributed by atoms with van der Waals surface area (Å²) in [6.07, 6.45) is -5.23. The second-order valence-electron chi connectivity index (χ2n) is 9.01. The van der Waals surface area contributed by atoms with Gasteiger partial charge in [0.25, 0.3) is 5.19 Å². The Morgan fingerprint density at radius 1 is 1.06 bits per heavy atom. The number of benzene rings is 2. The summed E-state index contributed by atoms with van der Waals surface area (Å²) in [6.45, 7) is 2.76. The molecule has 2 fully saturated rings. The maximum atomic E-state index is 12.5. The summed E-state index contributed by atoms with van der Waals surface area (Å²) in [5, 5.41) is 0.591. The standard InChI is InChI=1S/C25H24F3N3O3S/c26-25(27,28)22(32)9-10-23(33)31-12-11-17-14-30(15-20(17)31)13-16-5-7-18(8-6-16)34-24-29-19-3-1-2-4-21(19)35-24/h1-8,17,20H,9-15H2. The molecule has 0 bridgehead atoms. The van der Waals surface area contributed by atoms with E-state index in [-0.39, 0.29) is 11.9 Å². The van der Waals surface area contributed by atoms with Crippen LogP contribution >= 0.6 is 11.3 Å². The van der Waals surface area contributed by atoms with Crippen LogP contribution in [0.3, 0.4) is 0 Å². The highest BCUT2D eigenvalue weighted by Crippen LogP contribution is 2.34. The van der Waals surface area contributed by atoms with E-state index in [1.807, 2.05) is 48.5 Å². The minimum Gasteiger partial charge on any atom is -0.431 e. The largest absolute Gasteiger partial charge is 0.449 e. The molecule has 2 aliphatic rings. The molecule has 0 saturated carbocycles. The number of amides is 1. The number of nitrogens with zero attached hydrogens (tertiary/aromatic N) is 3. The van der Waals surface area contributed by atoms with Gasteiger partial charge >= 0.3 is 6.18 Å². The molecule has 1 aromatic heterocycles. The average Bonchev–Trinajstić information content (AvgIpc) is 3.51. The number of hydrogen-bond acceptors (Lipinski definition) is 6. The highest BCUT2D eigenvalue weighted by Gasteiger charge is 2.44. The monoisotopic (exact) mass is 503 g/mol. The first-order valence-electron chi connectivity index (χ1n) is 11.5. The van der Waals surface area contributed by atoms with Crippen LogP contribution in [0, 0.1) is 5.92 Å². The van der Waals surface area contributed by atoms with Crippen LogP contribution < -0.4 is 4.74 Å². The lowest BCUT2D eigenvalue weighted by molar-refractivity contribution is -0.171. The smallest absolute Gasteiger partial charge is 0.431 e. The molecule has 0 radical (unpaired) electrons. The number of para-hydroxylation sites is 1. The molecule has 5 rings (SSSR count). The number of aromatic nitrogens is 1. The van der Waals surface area contributed by atoms with Gasteiger partial charge in [-0.25, -0.2) is 4.98 Å². The number of alkyl halides is 3. The first kappa shape index (κ1) is 23.7. The lowest BCUT2D eigenvalue weighted by atomic mass is 10.0. The fourth-order valence-corrected chi connectivity index (χ4v) is 5.74. The Morgan fingerprint density at radius 3 is 2.57 bits per heavy atom. The van der Waals surface area contributed by atoms with E-state index in [2.05, 4.69) is 9.88 Å². The number of ketones is 1. The van der Waals surface area contributed by atoms with Crippen molar-refractivity contribution in [3.05, 3.63) is 54.1 Å². The first-order valence-corrected chi connectivity index (χ1v) is 12.3. The van der Waals surface area contributed by atoms with Gasteiger partial charge in [0.2, 0.25) is 11.7 Å². The molecule has 3 heterocycles. The van der Waals surface area contributed by atoms with Gasteiger partial charge in [0.15, 0.2) is 0 Å². The van der Waals surface area contributed by atoms with Gasteiger partial charge in [0.05, 0.1) is 10.2 Å². The highest BCUT2D eigenvalue weighted by atomic mass is 32.1. The van der Waals surface area contributed by atoms with Gasteiger partial charge in [-0.05, 0) is 42.2 Å². The predicted molar refractivity (Wildman–Crippen MR) is 125 cm³/mol. The Morgan fingerprint density at radius 2 is 1.83 bits per heavy atom. The lowest BCUT2D eigenvalue weighted by Gasteiger charge is -2.25. The minimum absolute atomic E-state index is 0.00914. The lowest BCUT2D eigenvalue weighted by Crippen LogP contribution is -2.40. The second kappa shape index (κ2) is 9.58. The SMILES string of the molecule is O=C(CCC(=O)C(F)(F)F)N1CCC2CN(Cc3ccc(Oc4nc5ccccc5s4)cc3)CC21. The van der Waals surface area contributed by atoms with Gasteiger partial charge in [-0.1, -0.05) is 35.6 Å². The molecule has 2 aromatic carbocycles. The Balaban J connectivity index is 1.14. The number of thiazole rings is 1. The van der Waals surface area contributed by atoms with Gasteiger partial charge in [0.1, 0.15) is 5.75 Å². The molecular weight excluding hydrogens is 479 g/mol. The molecule has 1 amide bonds. The van der Waals surface area contributed by atoms with Gasteiger partial charge in [0, 0.05) is 45.1 Å². The van der Waals surface area contributed by atoms with E-state index in [9.17, 15) is 22.8 Å². The summed E-state index contributed by atoms with van der Waals surface area (Å²) < 4.78 is 44.3. The Hall–Kier alpha value is -2.98. The first-order chi connectivity index (χ1) is 16.8. The Labute approximate surface area is 204 Å². The molecule has 2 unspecified atom stereocenters. The molecule has 10 heteroatoms. The molecule has 2 saturated heterocycles. The zero-order chi connectivity index (χ0) is 24.6. The van der Waals surface area contributed by atoms with Crippen LogP contribution in [0.1, 0.15) is 24.8 Å². The summed E-state index contributed by atoms with van der Waals surface area (Å²) in [5.74, 6) is -1.20. The Bertz CT molecular complexity index is 1190. The van der Waals surface area contributed by atoms with Crippen LogP contribution in [-0.2, 0) is 16.1 Å². The van der Waals surface area contributed by atoms with Crippen molar-refractivity contribution in [2.45, 2.75) is 38.0 Å². The number of likely N-dealkylation sites (tertiary alicyclic amines) is 2. The second-order valence-corrected chi connectivity index (χ2v) is 10.0. The van der Waals surface area contributed by atoms with E-state index in [1.54, 1.807) is 4.90 Å². The molecule has 2 atom stereocenters. The van der Waals surface area contributed by atoms with Crippen LogP contribution in [0.4, 0.5) is 13.2 Å². The van der Waals surface area contributed by atoms with E-state index in [0.29, 0.717) is 36.5 Å². The third kappa shape index (κ3) is 5.33. The number of halogens is 3. The molecule has 184 valence electrons. The topological polar surface area (TPSA) is 62.7 Å². The van der Waals surface area contributed by atoms with E-state index >= 15 is 0 Å². The van der Waals surface area contributed by atoms with Crippen LogP contribution in [0.15, 0.2) is 48.5 Å². The van der Waals surface area contributed by atoms with Crippen molar-refractivity contribution in [1.29, 1.82) is 0 Å². The van der Waals surface area contributed by atoms with E-state index < -0.39 is 24.8 Å². The fraction of sp³-hybridized carbons (Fsp3) is 0.400. The number of carbonyl (C=O) groups is 2. The van der Waals surface area contributed by atoms with Crippen molar-refractivity contribution in [2.24, 2.45) is 5.92 Å². The van der Waals surface area contributed by atoms with Gasteiger partial charge < -0.3 is 9.64 Å². The summed E-state index contributed by atoms with van der Waals surface area (Å²) in [5.41, 5.74) is 2.01. The van der Waals surface area contributed by atoms with E-state index in [1.165, 1.54) is 11.3 Å². The predicted octanol–water partition coefficient (Wildman–Crippen LogP) is 5.03. The van der Waals surface area contributed by atoms with Crippen molar-refractivity contribution in [1.82, 2.24) is 14.8 Å². The third-order valence-corrected chi connectivity index (χ3v) is 7.55. The number of carbonyl (C=O) groups excluding carboxylic acids is 2. The average molecular weight is 504 g/mol. The van der Waals surface area contributed by atoms with Crippen LogP contribution in [-0.4, -0.2) is 58.3 Å². The van der Waals surface area contributed by atoms with Crippen LogP contribution in [0.2, 0.25) is 0 Å². The van der Waals surface area contributed by atoms with Crippen molar-refractivity contribution in [3.63, 3.8) is 0 Å². The van der Waals surface area contributed by atoms with Gasteiger partial charge in [-0.2, -0.15) is 13.2 Å². The molecule has 0 aliphatic carbocycles. The number of rotatable bonds is 7. The Kier molecular flexibility index (Phi) is 6.50. The van der Waals surface area contributed by atoms with E-state index in [4.69, 9.17) is 4.74 Å². The molecule has 6 nitrogen and oxygen atoms in total. The highest BCUT2D eigenvalue weighted by molar-refractivity contribution is 7.20. The third-order valence-electron chi connectivity index (χ3n) is 6.63. The number of Topliss-reactive ketones (excluding diaryl/α,β-unsaturated/α-hetero) is 1. The molecule has 3 aromatic rings. The zero-order valence-electron chi connectivity index (χ0n) is 18.8. The maximum absolute atomic E-state index is 12.5. The number of ether oxygens (including phenoxy) is 1. The quantitative estimate of drug-likeness (QED) is 0.453. The van der Waals surface area contributed by atoms with Gasteiger partial charge in [-0.15, -0.1) is 0 Å². The molecule has 2 aliphatic heterocycles. The summed E-state index contributed by atoms with van der Waals surface area (Å²) >= 11 is 1.49. The van der Waals surface area contributed by atoms with Crippen LogP contribution in [0.5, 0.6) is 10.9 Å². The van der Waals surface area contributed by atoms with Crippen molar-refractivity contribution < 1.29 is 27.5 Å². The zero-order valence-corrected chi connectivity index (χ0v) is 19.6. The van der Waals surface area contributed by atoms with E-state index in [0.717, 1.165) is 28.7 Å². The van der Waals surface area contributed by atoms with Crippen molar-refractivity contribution >= 4 is 33.2 Å². The molecule has 35 heavy (non-hydrogen) atoms. The fourth-order valence-electron chi connectivity index (χ4n) is 4.91. The van der Waals surface area contributed by atoms with Gasteiger partial charge in [-0.3, -0.25) is 14.5 Å². The van der Waals surface area contributed by atoms with Crippen molar-refractivity contribution in [2.75, 3.05) is 19.6 Å². The number of hydrogen-bond donors (Lipinski definition) is 0. The summed E-state index contributed by atoms with van der Waals surface area (Å²) in [6, 6.07) is 15.7. The van der Waals surface area contributed by atoms with Crippen LogP contribution in [0.25, 0.3) is 10.2 Å². The minimum atomic E-state index is -4.88. The molecule has 0 spiro atoms. The molecule has 0 N–H and O–H groups in total. The molecular formula is C25H24F3N3O3S. The summed E-state index contributed by atoms with van der Waals surface area (Å²) in [4.78, 5) is 32.0. The van der Waals surface area contributed by atoms with Crippen molar-refractivity contribution in [3.8, 4) is 10.9 Å². The summed E-state index contributed by atoms with van der Waals surface area (Å²) in [7, 11) is 0. The normalized spacial score (nSPS) is 20.4. The maximum Gasteiger partial charge on any atom is 0.449 e. The number of fused-ring (bicyclic) bond motifs is 2.